The van der Waals surface area contributed by atoms with Gasteiger partial charge in [0.15, 0.2) is 0 Å². The van der Waals surface area contributed by atoms with Crippen molar-refractivity contribution in [1.29, 1.82) is 0 Å². The van der Waals surface area contributed by atoms with Gasteiger partial charge in [0, 0.05) is 27.0 Å². The van der Waals surface area contributed by atoms with Gasteiger partial charge in [-0.2, -0.15) is 11.8 Å². The van der Waals surface area contributed by atoms with E-state index in [0.717, 1.165) is 22.3 Å². The standard InChI is InChI=1S/C13H17BrN2S2/c1-13(5-2-6-18-13)8-16-9-3-4-10(12(15)17)11(14)7-9/h3-4,7,16H,2,5-6,8H2,1H3,(H2,15,17). The third-order valence-corrected chi connectivity index (χ3v) is 5.62. The molecule has 0 radical (unpaired) electrons. The van der Waals surface area contributed by atoms with Crippen molar-refractivity contribution in [3.63, 3.8) is 0 Å². The quantitative estimate of drug-likeness (QED) is 0.815. The molecule has 0 saturated carbocycles. The molecule has 0 aromatic heterocycles. The lowest BCUT2D eigenvalue weighted by molar-refractivity contribution is 0.635. The first kappa shape index (κ1) is 14.2. The zero-order valence-corrected chi connectivity index (χ0v) is 13.6. The zero-order chi connectivity index (χ0) is 13.2. The van der Waals surface area contributed by atoms with Gasteiger partial charge in [0.05, 0.1) is 0 Å². The number of anilines is 1. The van der Waals surface area contributed by atoms with Crippen molar-refractivity contribution >= 4 is 50.6 Å². The molecule has 1 fully saturated rings. The third kappa shape index (κ3) is 3.39. The van der Waals surface area contributed by atoms with E-state index in [1.165, 1.54) is 18.6 Å². The van der Waals surface area contributed by atoms with Crippen LogP contribution in [0, 0.1) is 0 Å². The number of hydrogen-bond acceptors (Lipinski definition) is 3. The summed E-state index contributed by atoms with van der Waals surface area (Å²) in [6.45, 7) is 3.33. The molecule has 1 aromatic rings. The van der Waals surface area contributed by atoms with Gasteiger partial charge in [0.25, 0.3) is 0 Å². The average Bonchev–Trinajstić information content (AvgIpc) is 2.74. The lowest BCUT2D eigenvalue weighted by Crippen LogP contribution is -2.27. The maximum Gasteiger partial charge on any atom is 0.105 e. The van der Waals surface area contributed by atoms with E-state index in [1.807, 2.05) is 18.2 Å². The fraction of sp³-hybridized carbons (Fsp3) is 0.462. The fourth-order valence-electron chi connectivity index (χ4n) is 2.09. The second-order valence-electron chi connectivity index (χ2n) is 4.81. The van der Waals surface area contributed by atoms with E-state index in [1.54, 1.807) is 0 Å². The fourth-order valence-corrected chi connectivity index (χ4v) is 4.24. The molecule has 18 heavy (non-hydrogen) atoms. The summed E-state index contributed by atoms with van der Waals surface area (Å²) in [7, 11) is 0. The molecule has 3 N–H and O–H groups in total. The molecule has 1 atom stereocenters. The molecule has 2 nitrogen and oxygen atoms in total. The van der Waals surface area contributed by atoms with Gasteiger partial charge in [0.1, 0.15) is 4.99 Å². The molecule has 2 rings (SSSR count). The Balaban J connectivity index is 2.02. The van der Waals surface area contributed by atoms with Crippen LogP contribution in [0.15, 0.2) is 22.7 Å². The number of rotatable bonds is 4. The molecule has 98 valence electrons. The first-order chi connectivity index (χ1) is 8.50. The molecular formula is C13H17BrN2S2. The summed E-state index contributed by atoms with van der Waals surface area (Å²) in [5.74, 6) is 1.28. The van der Waals surface area contributed by atoms with Gasteiger partial charge in [-0.1, -0.05) is 12.2 Å². The number of hydrogen-bond donors (Lipinski definition) is 2. The minimum atomic E-state index is 0.369. The van der Waals surface area contributed by atoms with Crippen LogP contribution in [-0.4, -0.2) is 22.0 Å². The van der Waals surface area contributed by atoms with E-state index >= 15 is 0 Å². The van der Waals surface area contributed by atoms with Crippen LogP contribution in [0.25, 0.3) is 0 Å². The minimum Gasteiger partial charge on any atom is -0.389 e. The van der Waals surface area contributed by atoms with Crippen molar-refractivity contribution < 1.29 is 0 Å². The Hall–Kier alpha value is -0.260. The first-order valence-corrected chi connectivity index (χ1v) is 8.16. The van der Waals surface area contributed by atoms with E-state index < -0.39 is 0 Å². The monoisotopic (exact) mass is 344 g/mol. The van der Waals surface area contributed by atoms with Crippen LogP contribution in [0.1, 0.15) is 25.3 Å². The summed E-state index contributed by atoms with van der Waals surface area (Å²) in [4.78, 5) is 0.423. The second kappa shape index (κ2) is 5.80. The number of halogens is 1. The molecule has 0 aliphatic carbocycles. The summed E-state index contributed by atoms with van der Waals surface area (Å²) in [5.41, 5.74) is 7.63. The van der Waals surface area contributed by atoms with Crippen LogP contribution in [0.2, 0.25) is 0 Å². The highest BCUT2D eigenvalue weighted by atomic mass is 79.9. The van der Waals surface area contributed by atoms with Crippen molar-refractivity contribution in [3.05, 3.63) is 28.2 Å². The average molecular weight is 345 g/mol. The highest BCUT2D eigenvalue weighted by molar-refractivity contribution is 9.10. The van der Waals surface area contributed by atoms with Gasteiger partial charge >= 0.3 is 0 Å². The largest absolute Gasteiger partial charge is 0.389 e. The number of nitrogens with two attached hydrogens (primary N) is 1. The predicted octanol–water partition coefficient (Wildman–Crippen LogP) is 3.78. The Morgan fingerprint density at radius 3 is 2.94 bits per heavy atom. The Morgan fingerprint density at radius 2 is 2.39 bits per heavy atom. The van der Waals surface area contributed by atoms with Crippen molar-refractivity contribution in [2.24, 2.45) is 5.73 Å². The highest BCUT2D eigenvalue weighted by Gasteiger charge is 2.28. The van der Waals surface area contributed by atoms with E-state index in [9.17, 15) is 0 Å². The van der Waals surface area contributed by atoms with Crippen molar-refractivity contribution in [1.82, 2.24) is 0 Å². The maximum atomic E-state index is 5.64. The number of thiocarbonyl (C=S) groups is 1. The zero-order valence-electron chi connectivity index (χ0n) is 10.3. The van der Waals surface area contributed by atoms with Crippen molar-refractivity contribution in [2.75, 3.05) is 17.6 Å². The highest BCUT2D eigenvalue weighted by Crippen LogP contribution is 2.37. The smallest absolute Gasteiger partial charge is 0.105 e. The summed E-state index contributed by atoms with van der Waals surface area (Å²) in [6.07, 6.45) is 2.61. The van der Waals surface area contributed by atoms with E-state index in [2.05, 4.69) is 39.9 Å². The molecule has 5 heteroatoms. The molecule has 1 aliphatic rings. The van der Waals surface area contributed by atoms with E-state index in [-0.39, 0.29) is 0 Å². The van der Waals surface area contributed by atoms with Crippen LogP contribution < -0.4 is 11.1 Å². The summed E-state index contributed by atoms with van der Waals surface area (Å²) in [5, 5.41) is 3.50. The minimum absolute atomic E-state index is 0.369. The number of benzene rings is 1. The summed E-state index contributed by atoms with van der Waals surface area (Å²) >= 11 is 10.5. The number of thioether (sulfide) groups is 1. The van der Waals surface area contributed by atoms with Crippen LogP contribution in [0.3, 0.4) is 0 Å². The first-order valence-electron chi connectivity index (χ1n) is 5.97. The van der Waals surface area contributed by atoms with Gasteiger partial charge in [-0.3, -0.25) is 0 Å². The molecule has 1 unspecified atom stereocenters. The molecule has 0 bridgehead atoms. The Kier molecular flexibility index (Phi) is 4.56. The Morgan fingerprint density at radius 1 is 1.61 bits per heavy atom. The van der Waals surface area contributed by atoms with E-state index in [4.69, 9.17) is 18.0 Å². The predicted molar refractivity (Wildman–Crippen MR) is 88.6 cm³/mol. The molecule has 0 amide bonds. The van der Waals surface area contributed by atoms with Crippen LogP contribution in [0.5, 0.6) is 0 Å². The third-order valence-electron chi connectivity index (χ3n) is 3.20. The van der Waals surface area contributed by atoms with Crippen LogP contribution >= 0.6 is 39.9 Å². The summed E-state index contributed by atoms with van der Waals surface area (Å²) in [6, 6.07) is 6.03. The topological polar surface area (TPSA) is 38.0 Å². The lowest BCUT2D eigenvalue weighted by atomic mass is 10.1. The van der Waals surface area contributed by atoms with Gasteiger partial charge < -0.3 is 11.1 Å². The van der Waals surface area contributed by atoms with Gasteiger partial charge in [0.2, 0.25) is 0 Å². The molecule has 1 aromatic carbocycles. The van der Waals surface area contributed by atoms with Crippen molar-refractivity contribution in [2.45, 2.75) is 24.5 Å². The molecule has 1 saturated heterocycles. The van der Waals surface area contributed by atoms with Crippen molar-refractivity contribution in [3.8, 4) is 0 Å². The van der Waals surface area contributed by atoms with Gasteiger partial charge in [-0.25, -0.2) is 0 Å². The molecular weight excluding hydrogens is 328 g/mol. The molecule has 0 spiro atoms. The normalized spacial score (nSPS) is 23.0. The maximum absolute atomic E-state index is 5.64. The van der Waals surface area contributed by atoms with Crippen LogP contribution in [0.4, 0.5) is 5.69 Å². The summed E-state index contributed by atoms with van der Waals surface area (Å²) < 4.78 is 1.32. The Bertz CT molecular complexity index is 456. The lowest BCUT2D eigenvalue weighted by Gasteiger charge is -2.23. The van der Waals surface area contributed by atoms with Gasteiger partial charge in [-0.05, 0) is 59.6 Å². The SMILES string of the molecule is CC1(CNc2ccc(C(N)=S)c(Br)c2)CCCS1. The molecule has 1 aliphatic heterocycles. The van der Waals surface area contributed by atoms with Gasteiger partial charge in [-0.15, -0.1) is 0 Å². The van der Waals surface area contributed by atoms with E-state index in [0.29, 0.717) is 9.74 Å². The molecule has 1 heterocycles. The Labute approximate surface area is 126 Å². The second-order valence-corrected chi connectivity index (χ2v) is 7.79. The number of nitrogens with one attached hydrogen (secondary N) is 1. The van der Waals surface area contributed by atoms with Crippen LogP contribution in [-0.2, 0) is 0 Å².